The highest BCUT2D eigenvalue weighted by atomic mass is 19.2. The average molecular weight is 247 g/mol. The lowest BCUT2D eigenvalue weighted by Gasteiger charge is -2.19. The molecule has 0 aliphatic heterocycles. The summed E-state index contributed by atoms with van der Waals surface area (Å²) in [5.74, 6) is -5.11. The van der Waals surface area contributed by atoms with Crippen LogP contribution in [0.2, 0.25) is 0 Å². The number of hydrogen-bond acceptors (Lipinski definition) is 2. The SMILES string of the molecule is CC(C)C(Nc1cc(F)c(F)cc1F)C(=O)O. The van der Waals surface area contributed by atoms with E-state index in [0.29, 0.717) is 12.1 Å². The van der Waals surface area contributed by atoms with E-state index in [0.717, 1.165) is 0 Å². The average Bonchev–Trinajstić information content (AvgIpc) is 2.20. The fourth-order valence-electron chi connectivity index (χ4n) is 1.31. The Bertz CT molecular complexity index is 435. The van der Waals surface area contributed by atoms with Gasteiger partial charge in [-0.3, -0.25) is 0 Å². The van der Waals surface area contributed by atoms with Crippen LogP contribution in [-0.4, -0.2) is 17.1 Å². The molecule has 0 radical (unpaired) electrons. The van der Waals surface area contributed by atoms with Crippen LogP contribution in [0.3, 0.4) is 0 Å². The molecule has 0 aromatic heterocycles. The summed E-state index contributed by atoms with van der Waals surface area (Å²) in [5.41, 5.74) is -0.370. The topological polar surface area (TPSA) is 49.3 Å². The predicted molar refractivity (Wildman–Crippen MR) is 56.2 cm³/mol. The molecule has 1 rings (SSSR count). The number of carboxylic acids is 1. The Morgan fingerprint density at radius 2 is 1.71 bits per heavy atom. The first kappa shape index (κ1) is 13.3. The molecule has 1 atom stereocenters. The van der Waals surface area contributed by atoms with Crippen molar-refractivity contribution in [2.45, 2.75) is 19.9 Å². The van der Waals surface area contributed by atoms with Gasteiger partial charge in [0, 0.05) is 12.1 Å². The lowest BCUT2D eigenvalue weighted by molar-refractivity contribution is -0.138. The van der Waals surface area contributed by atoms with Gasteiger partial charge in [-0.15, -0.1) is 0 Å². The van der Waals surface area contributed by atoms with Gasteiger partial charge in [-0.05, 0) is 5.92 Å². The van der Waals surface area contributed by atoms with E-state index in [1.54, 1.807) is 13.8 Å². The zero-order valence-electron chi connectivity index (χ0n) is 9.30. The molecule has 0 bridgehead atoms. The van der Waals surface area contributed by atoms with Crippen LogP contribution < -0.4 is 5.32 Å². The van der Waals surface area contributed by atoms with Gasteiger partial charge in [0.25, 0.3) is 0 Å². The molecule has 0 saturated heterocycles. The van der Waals surface area contributed by atoms with Crippen molar-refractivity contribution in [1.29, 1.82) is 0 Å². The molecule has 0 fully saturated rings. The number of benzene rings is 1. The zero-order chi connectivity index (χ0) is 13.2. The normalized spacial score (nSPS) is 12.6. The smallest absolute Gasteiger partial charge is 0.326 e. The summed E-state index contributed by atoms with van der Waals surface area (Å²) in [6.07, 6.45) is 0. The number of carbonyl (C=O) groups is 1. The van der Waals surface area contributed by atoms with E-state index < -0.39 is 29.5 Å². The minimum absolute atomic E-state index is 0.333. The van der Waals surface area contributed by atoms with Crippen molar-refractivity contribution in [1.82, 2.24) is 0 Å². The molecule has 0 amide bonds. The quantitative estimate of drug-likeness (QED) is 0.804. The number of hydrogen-bond donors (Lipinski definition) is 2. The second-order valence-corrected chi connectivity index (χ2v) is 3.95. The highest BCUT2D eigenvalue weighted by Gasteiger charge is 2.23. The maximum Gasteiger partial charge on any atom is 0.326 e. The first-order chi connectivity index (χ1) is 7.82. The Kier molecular flexibility index (Phi) is 3.98. The summed E-state index contributed by atoms with van der Waals surface area (Å²) in [4.78, 5) is 10.9. The standard InChI is InChI=1S/C11H12F3NO2/c1-5(2)10(11(16)17)15-9-4-7(13)6(12)3-8(9)14/h3-5,10,15H,1-2H3,(H,16,17). The lowest BCUT2D eigenvalue weighted by Crippen LogP contribution is -2.34. The van der Waals surface area contributed by atoms with Crippen molar-refractivity contribution >= 4 is 11.7 Å². The maximum atomic E-state index is 13.3. The van der Waals surface area contributed by atoms with E-state index in [-0.39, 0.29) is 11.6 Å². The summed E-state index contributed by atoms with van der Waals surface area (Å²) in [6, 6.07) is -0.103. The molecule has 1 unspecified atom stereocenters. The van der Waals surface area contributed by atoms with Crippen molar-refractivity contribution in [3.8, 4) is 0 Å². The molecule has 0 aliphatic rings. The van der Waals surface area contributed by atoms with Crippen LogP contribution in [0.5, 0.6) is 0 Å². The Morgan fingerprint density at radius 1 is 1.18 bits per heavy atom. The molecule has 17 heavy (non-hydrogen) atoms. The first-order valence-corrected chi connectivity index (χ1v) is 4.96. The second kappa shape index (κ2) is 5.07. The van der Waals surface area contributed by atoms with E-state index in [1.165, 1.54) is 0 Å². The fourth-order valence-corrected chi connectivity index (χ4v) is 1.31. The first-order valence-electron chi connectivity index (χ1n) is 4.96. The third kappa shape index (κ3) is 3.12. The van der Waals surface area contributed by atoms with Gasteiger partial charge in [-0.25, -0.2) is 18.0 Å². The number of halogens is 3. The largest absolute Gasteiger partial charge is 0.480 e. The molecule has 6 heteroatoms. The van der Waals surface area contributed by atoms with Crippen molar-refractivity contribution in [3.05, 3.63) is 29.6 Å². The van der Waals surface area contributed by atoms with Crippen LogP contribution in [0.15, 0.2) is 12.1 Å². The Morgan fingerprint density at radius 3 is 2.18 bits per heavy atom. The van der Waals surface area contributed by atoms with Crippen LogP contribution in [-0.2, 0) is 4.79 Å². The Hall–Kier alpha value is -1.72. The Balaban J connectivity index is 3.01. The van der Waals surface area contributed by atoms with Crippen LogP contribution in [0.4, 0.5) is 18.9 Å². The van der Waals surface area contributed by atoms with Gasteiger partial charge in [0.15, 0.2) is 11.6 Å². The van der Waals surface area contributed by atoms with Crippen LogP contribution in [0, 0.1) is 23.4 Å². The second-order valence-electron chi connectivity index (χ2n) is 3.95. The third-order valence-electron chi connectivity index (χ3n) is 2.25. The van der Waals surface area contributed by atoms with E-state index in [9.17, 15) is 18.0 Å². The molecule has 0 aliphatic carbocycles. The molecule has 0 spiro atoms. The molecular formula is C11H12F3NO2. The van der Waals surface area contributed by atoms with Gasteiger partial charge in [0.2, 0.25) is 0 Å². The van der Waals surface area contributed by atoms with E-state index in [2.05, 4.69) is 5.32 Å². The molecule has 94 valence electrons. The summed E-state index contributed by atoms with van der Waals surface area (Å²) in [7, 11) is 0. The Labute approximate surface area is 96.3 Å². The van der Waals surface area contributed by atoms with Crippen molar-refractivity contribution in [2.24, 2.45) is 5.92 Å². The van der Waals surface area contributed by atoms with Crippen molar-refractivity contribution < 1.29 is 23.1 Å². The van der Waals surface area contributed by atoms with Crippen molar-refractivity contribution in [3.63, 3.8) is 0 Å². The molecule has 1 aromatic rings. The summed E-state index contributed by atoms with van der Waals surface area (Å²) in [5, 5.41) is 11.2. The lowest BCUT2D eigenvalue weighted by atomic mass is 10.0. The fraction of sp³-hybridized carbons (Fsp3) is 0.364. The minimum atomic E-state index is -1.32. The number of rotatable bonds is 4. The zero-order valence-corrected chi connectivity index (χ0v) is 9.30. The van der Waals surface area contributed by atoms with Gasteiger partial charge < -0.3 is 10.4 Å². The van der Waals surface area contributed by atoms with Crippen LogP contribution >= 0.6 is 0 Å². The van der Waals surface area contributed by atoms with Gasteiger partial charge in [0.05, 0.1) is 5.69 Å². The number of anilines is 1. The molecule has 3 nitrogen and oxygen atoms in total. The monoisotopic (exact) mass is 247 g/mol. The number of nitrogens with one attached hydrogen (secondary N) is 1. The molecular weight excluding hydrogens is 235 g/mol. The van der Waals surface area contributed by atoms with E-state index in [1.807, 2.05) is 0 Å². The van der Waals surface area contributed by atoms with Gasteiger partial charge in [-0.2, -0.15) is 0 Å². The molecule has 0 heterocycles. The van der Waals surface area contributed by atoms with E-state index >= 15 is 0 Å². The third-order valence-corrected chi connectivity index (χ3v) is 2.25. The highest BCUT2D eigenvalue weighted by Crippen LogP contribution is 2.20. The highest BCUT2D eigenvalue weighted by molar-refractivity contribution is 5.77. The minimum Gasteiger partial charge on any atom is -0.480 e. The summed E-state index contributed by atoms with van der Waals surface area (Å²) < 4.78 is 38.8. The van der Waals surface area contributed by atoms with Gasteiger partial charge in [-0.1, -0.05) is 13.8 Å². The number of aliphatic carboxylic acids is 1. The van der Waals surface area contributed by atoms with Crippen LogP contribution in [0.25, 0.3) is 0 Å². The van der Waals surface area contributed by atoms with E-state index in [4.69, 9.17) is 5.11 Å². The van der Waals surface area contributed by atoms with Gasteiger partial charge >= 0.3 is 5.97 Å². The molecule has 1 aromatic carbocycles. The van der Waals surface area contributed by atoms with Crippen molar-refractivity contribution in [2.75, 3.05) is 5.32 Å². The molecule has 2 N–H and O–H groups in total. The molecule has 0 saturated carbocycles. The number of carboxylic acid groups (broad SMARTS) is 1. The summed E-state index contributed by atoms with van der Waals surface area (Å²) in [6.45, 7) is 3.23. The van der Waals surface area contributed by atoms with Crippen LogP contribution in [0.1, 0.15) is 13.8 Å². The maximum absolute atomic E-state index is 13.3. The summed E-state index contributed by atoms with van der Waals surface area (Å²) >= 11 is 0. The van der Waals surface area contributed by atoms with Gasteiger partial charge in [0.1, 0.15) is 11.9 Å². The predicted octanol–water partition coefficient (Wildman–Crippen LogP) is 2.62.